The average molecular weight is 718 g/mol. The second kappa shape index (κ2) is 13.0. The first-order valence-corrected chi connectivity index (χ1v) is 18.6. The van der Waals surface area contributed by atoms with Gasteiger partial charge in [-0.2, -0.15) is 0 Å². The molecule has 0 N–H and O–H groups in total. The van der Waals surface area contributed by atoms with Gasteiger partial charge in [-0.15, -0.1) is 0 Å². The standard InChI is InChI=1S/C50H31N5O/c1-4-15-32(16-5-1)36-21-14-22-37(31-36)50-53-48(34-19-8-3-9-20-34)52-49(54-50)35-27-29-38(30-28-35)55-42-26-13-11-24-40(42)47-45(55)43-44(33-17-6-2-7-18-33)51-41-25-12-10-23-39(41)46(43)56-47/h1-31H. The molecule has 4 heterocycles. The van der Waals surface area contributed by atoms with Gasteiger partial charge in [0, 0.05) is 38.7 Å². The summed E-state index contributed by atoms with van der Waals surface area (Å²) in [5.74, 6) is 1.84. The van der Waals surface area contributed by atoms with Crippen LogP contribution < -0.4 is 0 Å². The molecule has 0 fully saturated rings. The van der Waals surface area contributed by atoms with Crippen LogP contribution in [0.2, 0.25) is 0 Å². The van der Waals surface area contributed by atoms with Crippen LogP contribution in [0.3, 0.4) is 0 Å². The third-order valence-electron chi connectivity index (χ3n) is 10.4. The molecule has 0 saturated carbocycles. The highest BCUT2D eigenvalue weighted by Gasteiger charge is 2.24. The van der Waals surface area contributed by atoms with Gasteiger partial charge in [0.25, 0.3) is 0 Å². The van der Waals surface area contributed by atoms with E-state index < -0.39 is 0 Å². The van der Waals surface area contributed by atoms with E-state index in [0.717, 1.165) is 88.6 Å². The van der Waals surface area contributed by atoms with Crippen LogP contribution in [0.25, 0.3) is 106 Å². The number of fused-ring (bicyclic) bond motifs is 7. The summed E-state index contributed by atoms with van der Waals surface area (Å²) in [5.41, 5.74) is 12.5. The van der Waals surface area contributed by atoms with Gasteiger partial charge in [0.15, 0.2) is 23.1 Å². The molecule has 0 saturated heterocycles. The molecule has 4 aromatic heterocycles. The second-order valence-corrected chi connectivity index (χ2v) is 13.8. The Labute approximate surface area is 322 Å². The van der Waals surface area contributed by atoms with Crippen molar-refractivity contribution in [3.8, 4) is 62.2 Å². The highest BCUT2D eigenvalue weighted by molar-refractivity contribution is 6.24. The van der Waals surface area contributed by atoms with Gasteiger partial charge in [-0.05, 0) is 65.7 Å². The van der Waals surface area contributed by atoms with Gasteiger partial charge < -0.3 is 8.98 Å². The van der Waals surface area contributed by atoms with Crippen LogP contribution in [-0.4, -0.2) is 24.5 Å². The fourth-order valence-electron chi connectivity index (χ4n) is 7.80. The molecular formula is C50H31N5O. The van der Waals surface area contributed by atoms with Crippen LogP contribution in [0, 0.1) is 0 Å². The molecule has 0 aliphatic rings. The van der Waals surface area contributed by atoms with E-state index >= 15 is 0 Å². The van der Waals surface area contributed by atoms with Crippen LogP contribution in [0.1, 0.15) is 0 Å². The average Bonchev–Trinajstić information content (AvgIpc) is 3.82. The van der Waals surface area contributed by atoms with Crippen LogP contribution in [0.15, 0.2) is 192 Å². The Hall–Kier alpha value is -7.70. The molecule has 7 aromatic carbocycles. The first kappa shape index (κ1) is 31.8. The summed E-state index contributed by atoms with van der Waals surface area (Å²) < 4.78 is 9.19. The number of hydrogen-bond donors (Lipinski definition) is 0. The maximum atomic E-state index is 6.90. The number of rotatable bonds is 6. The third-order valence-corrected chi connectivity index (χ3v) is 10.4. The van der Waals surface area contributed by atoms with Crippen molar-refractivity contribution in [1.29, 1.82) is 0 Å². The lowest BCUT2D eigenvalue weighted by molar-refractivity contribution is 0.676. The molecule has 0 radical (unpaired) electrons. The highest BCUT2D eigenvalue weighted by atomic mass is 16.3. The predicted molar refractivity (Wildman–Crippen MR) is 226 cm³/mol. The van der Waals surface area contributed by atoms with Gasteiger partial charge in [-0.1, -0.05) is 133 Å². The van der Waals surface area contributed by atoms with E-state index in [9.17, 15) is 0 Å². The van der Waals surface area contributed by atoms with E-state index in [-0.39, 0.29) is 0 Å². The van der Waals surface area contributed by atoms with E-state index in [2.05, 4.69) is 138 Å². The first-order valence-electron chi connectivity index (χ1n) is 18.6. The fraction of sp³-hybridized carbons (Fsp3) is 0. The molecule has 56 heavy (non-hydrogen) atoms. The van der Waals surface area contributed by atoms with E-state index in [4.69, 9.17) is 24.4 Å². The van der Waals surface area contributed by atoms with Crippen LogP contribution >= 0.6 is 0 Å². The van der Waals surface area contributed by atoms with Crippen molar-refractivity contribution in [2.24, 2.45) is 0 Å². The molecule has 6 nitrogen and oxygen atoms in total. The fourth-order valence-corrected chi connectivity index (χ4v) is 7.80. The minimum Gasteiger partial charge on any atom is -0.453 e. The summed E-state index contributed by atoms with van der Waals surface area (Å²) >= 11 is 0. The summed E-state index contributed by atoms with van der Waals surface area (Å²) in [6, 6.07) is 64.3. The highest BCUT2D eigenvalue weighted by Crippen LogP contribution is 2.44. The Morgan fingerprint density at radius 2 is 0.911 bits per heavy atom. The van der Waals surface area contributed by atoms with Gasteiger partial charge >= 0.3 is 0 Å². The number of aromatic nitrogens is 5. The van der Waals surface area contributed by atoms with Crippen molar-refractivity contribution in [3.63, 3.8) is 0 Å². The topological polar surface area (TPSA) is 69.6 Å². The molecule has 0 spiro atoms. The number of nitrogens with zero attached hydrogens (tertiary/aromatic N) is 5. The molecular weight excluding hydrogens is 687 g/mol. The van der Waals surface area contributed by atoms with E-state index in [1.807, 2.05) is 54.6 Å². The predicted octanol–water partition coefficient (Wildman–Crippen LogP) is 12.6. The number of hydrogen-bond acceptors (Lipinski definition) is 5. The lowest BCUT2D eigenvalue weighted by Gasteiger charge is -2.12. The smallest absolute Gasteiger partial charge is 0.164 e. The van der Waals surface area contributed by atoms with Crippen molar-refractivity contribution < 1.29 is 4.42 Å². The minimum absolute atomic E-state index is 0.601. The molecule has 0 unspecified atom stereocenters. The Morgan fingerprint density at radius 3 is 1.62 bits per heavy atom. The van der Waals surface area contributed by atoms with Gasteiger partial charge in [-0.25, -0.2) is 19.9 Å². The van der Waals surface area contributed by atoms with Crippen LogP contribution in [0.5, 0.6) is 0 Å². The number of benzene rings is 7. The van der Waals surface area contributed by atoms with Crippen molar-refractivity contribution in [2.45, 2.75) is 0 Å². The van der Waals surface area contributed by atoms with Crippen LogP contribution in [0.4, 0.5) is 0 Å². The minimum atomic E-state index is 0.601. The summed E-state index contributed by atoms with van der Waals surface area (Å²) in [4.78, 5) is 20.4. The summed E-state index contributed by atoms with van der Waals surface area (Å²) in [6.07, 6.45) is 0. The molecule has 0 aliphatic heterocycles. The van der Waals surface area contributed by atoms with Crippen molar-refractivity contribution in [2.75, 3.05) is 0 Å². The SMILES string of the molecule is c1ccc(-c2cccc(-c3nc(-c4ccccc4)nc(-c4ccc(-n5c6ccccc6c6oc7c8ccccc8nc(-c8ccccc8)c7c65)cc4)n3)c2)cc1. The maximum Gasteiger partial charge on any atom is 0.164 e. The molecule has 6 heteroatoms. The molecule has 11 rings (SSSR count). The quantitative estimate of drug-likeness (QED) is 0.171. The van der Waals surface area contributed by atoms with E-state index in [1.54, 1.807) is 0 Å². The van der Waals surface area contributed by atoms with E-state index in [0.29, 0.717) is 17.5 Å². The number of furan rings is 1. The molecule has 262 valence electrons. The zero-order valence-electron chi connectivity index (χ0n) is 30.0. The summed E-state index contributed by atoms with van der Waals surface area (Å²) in [6.45, 7) is 0. The zero-order chi connectivity index (χ0) is 37.0. The molecule has 11 aromatic rings. The number of pyridine rings is 1. The van der Waals surface area contributed by atoms with E-state index in [1.165, 1.54) is 0 Å². The van der Waals surface area contributed by atoms with Crippen LogP contribution in [-0.2, 0) is 0 Å². The Morgan fingerprint density at radius 1 is 0.375 bits per heavy atom. The number of para-hydroxylation sites is 2. The Bertz CT molecular complexity index is 3230. The monoisotopic (exact) mass is 717 g/mol. The normalized spacial score (nSPS) is 11.6. The zero-order valence-corrected chi connectivity index (χ0v) is 30.0. The molecule has 0 atom stereocenters. The maximum absolute atomic E-state index is 6.90. The van der Waals surface area contributed by atoms with Gasteiger partial charge in [0.1, 0.15) is 11.1 Å². The largest absolute Gasteiger partial charge is 0.453 e. The van der Waals surface area contributed by atoms with Crippen molar-refractivity contribution >= 4 is 43.9 Å². The van der Waals surface area contributed by atoms with Gasteiger partial charge in [-0.3, -0.25) is 0 Å². The lowest BCUT2D eigenvalue weighted by atomic mass is 10.0. The molecule has 0 aliphatic carbocycles. The second-order valence-electron chi connectivity index (χ2n) is 13.8. The van der Waals surface area contributed by atoms with Gasteiger partial charge in [0.05, 0.1) is 22.1 Å². The lowest BCUT2D eigenvalue weighted by Crippen LogP contribution is -2.01. The Balaban J connectivity index is 1.10. The third kappa shape index (κ3) is 5.27. The summed E-state index contributed by atoms with van der Waals surface area (Å²) in [7, 11) is 0. The van der Waals surface area contributed by atoms with Gasteiger partial charge in [0.2, 0.25) is 0 Å². The molecule has 0 amide bonds. The van der Waals surface area contributed by atoms with Crippen molar-refractivity contribution in [3.05, 3.63) is 188 Å². The molecule has 0 bridgehead atoms. The Kier molecular flexibility index (Phi) is 7.38. The summed E-state index contributed by atoms with van der Waals surface area (Å²) in [5, 5.41) is 3.01. The van der Waals surface area contributed by atoms with Crippen molar-refractivity contribution in [1.82, 2.24) is 24.5 Å². The first-order chi connectivity index (χ1) is 27.8.